The van der Waals surface area contributed by atoms with Crippen LogP contribution in [0, 0.1) is 0 Å². The lowest BCUT2D eigenvalue weighted by atomic mass is 10.2. The Kier molecular flexibility index (Phi) is 7.87. The molecular formula is C17H30O5PSi+. The molecule has 0 bridgehead atoms. The second kappa shape index (κ2) is 8.95. The summed E-state index contributed by atoms with van der Waals surface area (Å²) < 4.78 is 27.6. The molecule has 0 saturated heterocycles. The fourth-order valence-corrected chi connectivity index (χ4v) is 9.08. The van der Waals surface area contributed by atoms with Gasteiger partial charge < -0.3 is 9.16 Å². The van der Waals surface area contributed by atoms with Crippen molar-refractivity contribution in [1.82, 2.24) is 0 Å². The average Bonchev–Trinajstić information content (AvgIpc) is 2.49. The molecule has 136 valence electrons. The van der Waals surface area contributed by atoms with E-state index in [1.807, 2.05) is 12.1 Å². The van der Waals surface area contributed by atoms with E-state index in [-0.39, 0.29) is 6.61 Å². The molecule has 24 heavy (non-hydrogen) atoms. The van der Waals surface area contributed by atoms with Gasteiger partial charge in [-0.2, -0.15) is 0 Å². The molecular weight excluding hydrogens is 343 g/mol. The minimum absolute atomic E-state index is 0.0590. The molecule has 0 heterocycles. The first-order valence-corrected chi connectivity index (χ1v) is 11.6. The van der Waals surface area contributed by atoms with Crippen LogP contribution in [0.4, 0.5) is 0 Å². The normalized spacial score (nSPS) is 12.9. The van der Waals surface area contributed by atoms with Crippen LogP contribution in [0.25, 0.3) is 0 Å². The van der Waals surface area contributed by atoms with Crippen molar-refractivity contribution in [3.63, 3.8) is 0 Å². The first-order chi connectivity index (χ1) is 11.1. The Morgan fingerprint density at radius 2 is 1.58 bits per heavy atom. The third-order valence-electron chi connectivity index (χ3n) is 4.56. The van der Waals surface area contributed by atoms with Gasteiger partial charge in [-0.05, 0) is 34.3 Å². The van der Waals surface area contributed by atoms with Crippen LogP contribution in [0.1, 0.15) is 47.1 Å². The van der Waals surface area contributed by atoms with Gasteiger partial charge in [0.05, 0.1) is 7.11 Å². The topological polar surface area (TPSA) is 65.0 Å². The zero-order valence-corrected chi connectivity index (χ0v) is 17.6. The van der Waals surface area contributed by atoms with Gasteiger partial charge in [-0.1, -0.05) is 47.6 Å². The van der Waals surface area contributed by atoms with E-state index in [1.165, 1.54) is 0 Å². The van der Waals surface area contributed by atoms with Crippen LogP contribution < -0.4 is 9.16 Å². The highest BCUT2D eigenvalue weighted by molar-refractivity contribution is 7.32. The molecule has 0 fully saturated rings. The molecule has 5 nitrogen and oxygen atoms in total. The third kappa shape index (κ3) is 4.79. The first-order valence-electron chi connectivity index (χ1n) is 8.30. The summed E-state index contributed by atoms with van der Waals surface area (Å²) in [5, 5.41) is 0. The van der Waals surface area contributed by atoms with Crippen molar-refractivity contribution >= 4 is 16.6 Å². The van der Waals surface area contributed by atoms with Crippen LogP contribution in [-0.4, -0.2) is 20.3 Å². The molecule has 0 aliphatic rings. The van der Waals surface area contributed by atoms with Gasteiger partial charge in [-0.15, -0.1) is 9.42 Å². The smallest absolute Gasteiger partial charge is 0.540 e. The van der Waals surface area contributed by atoms with Crippen molar-refractivity contribution in [2.45, 2.75) is 64.8 Å². The summed E-state index contributed by atoms with van der Waals surface area (Å²) in [6, 6.07) is 5.52. The molecule has 0 aliphatic carbocycles. The fraction of sp³-hybridized carbons (Fsp3) is 0.647. The van der Waals surface area contributed by atoms with Crippen molar-refractivity contribution in [1.29, 1.82) is 0 Å². The van der Waals surface area contributed by atoms with Crippen LogP contribution >= 0.6 is 8.25 Å². The quantitative estimate of drug-likeness (QED) is 0.463. The SMILES string of the molecule is COc1cc(CO[P+](=O)O)ccc1O[Si](C(C)C)(C(C)C)C(C)C. The summed E-state index contributed by atoms with van der Waals surface area (Å²) in [5.41, 5.74) is 2.15. The van der Waals surface area contributed by atoms with E-state index >= 15 is 0 Å². The Labute approximate surface area is 147 Å². The van der Waals surface area contributed by atoms with Crippen molar-refractivity contribution in [3.05, 3.63) is 23.8 Å². The Hall–Kier alpha value is -0.943. The number of hydrogen-bond donors (Lipinski definition) is 1. The van der Waals surface area contributed by atoms with Crippen LogP contribution in [0.3, 0.4) is 0 Å². The lowest BCUT2D eigenvalue weighted by Crippen LogP contribution is -2.50. The van der Waals surface area contributed by atoms with Crippen LogP contribution in [0.2, 0.25) is 16.6 Å². The van der Waals surface area contributed by atoms with E-state index in [9.17, 15) is 4.57 Å². The molecule has 0 aliphatic heterocycles. The maximum atomic E-state index is 10.7. The summed E-state index contributed by atoms with van der Waals surface area (Å²) in [7, 11) is -3.08. The second-order valence-corrected chi connectivity index (χ2v) is 13.0. The van der Waals surface area contributed by atoms with Gasteiger partial charge in [0.1, 0.15) is 12.4 Å². The zero-order valence-electron chi connectivity index (χ0n) is 15.7. The van der Waals surface area contributed by atoms with Gasteiger partial charge in [0.25, 0.3) is 8.32 Å². The van der Waals surface area contributed by atoms with Crippen molar-refractivity contribution in [2.24, 2.45) is 0 Å². The highest BCUT2D eigenvalue weighted by Crippen LogP contribution is 2.44. The maximum absolute atomic E-state index is 10.7. The van der Waals surface area contributed by atoms with Gasteiger partial charge >= 0.3 is 8.25 Å². The molecule has 0 aromatic heterocycles. The van der Waals surface area contributed by atoms with E-state index in [4.69, 9.17) is 18.6 Å². The summed E-state index contributed by atoms with van der Waals surface area (Å²) >= 11 is 0. The molecule has 1 unspecified atom stereocenters. The van der Waals surface area contributed by atoms with Crippen molar-refractivity contribution in [3.8, 4) is 11.5 Å². The second-order valence-electron chi connectivity index (χ2n) is 6.92. The van der Waals surface area contributed by atoms with Crippen LogP contribution in [-0.2, 0) is 15.7 Å². The summed E-state index contributed by atoms with van der Waals surface area (Å²) in [6.07, 6.45) is 0. The molecule has 1 atom stereocenters. The number of benzene rings is 1. The molecule has 0 radical (unpaired) electrons. The van der Waals surface area contributed by atoms with E-state index in [2.05, 4.69) is 41.5 Å². The molecule has 1 aromatic carbocycles. The average molecular weight is 373 g/mol. The number of methoxy groups -OCH3 is 1. The summed E-state index contributed by atoms with van der Waals surface area (Å²) in [5.74, 6) is 1.36. The van der Waals surface area contributed by atoms with Gasteiger partial charge in [-0.3, -0.25) is 0 Å². The van der Waals surface area contributed by atoms with Gasteiger partial charge in [-0.25, -0.2) is 0 Å². The van der Waals surface area contributed by atoms with Gasteiger partial charge in [0.15, 0.2) is 5.75 Å². The molecule has 0 spiro atoms. The fourth-order valence-electron chi connectivity index (χ4n) is 3.56. The number of ether oxygens (including phenoxy) is 1. The summed E-state index contributed by atoms with van der Waals surface area (Å²) in [4.78, 5) is 8.77. The standard InChI is InChI=1S/C17H29O5PSi/c1-12(2)24(13(3)4,14(5)6)22-16-9-8-15(10-17(16)20-7)11-21-23(18)19/h8-10,12-14H,11H2,1-7H3/p+1. The van der Waals surface area contributed by atoms with Crippen molar-refractivity contribution in [2.75, 3.05) is 7.11 Å². The zero-order chi connectivity index (χ0) is 18.5. The largest absolute Gasteiger partial charge is 0.695 e. The van der Waals surface area contributed by atoms with Crippen molar-refractivity contribution < 1.29 is 23.1 Å². The molecule has 0 saturated carbocycles. The maximum Gasteiger partial charge on any atom is 0.695 e. The van der Waals surface area contributed by atoms with Crippen LogP contribution in [0.5, 0.6) is 11.5 Å². The first kappa shape index (κ1) is 21.1. The number of rotatable bonds is 9. The lowest BCUT2D eigenvalue weighted by molar-refractivity contribution is 0.271. The minimum atomic E-state index is -2.61. The van der Waals surface area contributed by atoms with E-state index < -0.39 is 16.6 Å². The molecule has 7 heteroatoms. The Balaban J connectivity index is 3.18. The Bertz CT molecular complexity index is 538. The number of hydrogen-bond acceptors (Lipinski definition) is 4. The predicted octanol–water partition coefficient (Wildman–Crippen LogP) is 5.42. The monoisotopic (exact) mass is 373 g/mol. The highest BCUT2D eigenvalue weighted by atomic mass is 31.1. The Morgan fingerprint density at radius 3 is 2.00 bits per heavy atom. The highest BCUT2D eigenvalue weighted by Gasteiger charge is 2.47. The van der Waals surface area contributed by atoms with Gasteiger partial charge in [0, 0.05) is 4.57 Å². The molecule has 1 N–H and O–H groups in total. The summed E-state index contributed by atoms with van der Waals surface area (Å²) in [6.45, 7) is 13.5. The minimum Gasteiger partial charge on any atom is -0.540 e. The van der Waals surface area contributed by atoms with E-state index in [0.717, 1.165) is 11.3 Å². The molecule has 1 rings (SSSR count). The molecule has 0 amide bonds. The molecule has 1 aromatic rings. The lowest BCUT2D eigenvalue weighted by Gasteiger charge is -2.42. The van der Waals surface area contributed by atoms with E-state index in [0.29, 0.717) is 22.4 Å². The Morgan fingerprint density at radius 1 is 1.04 bits per heavy atom. The van der Waals surface area contributed by atoms with E-state index in [1.54, 1.807) is 13.2 Å². The van der Waals surface area contributed by atoms with Crippen LogP contribution in [0.15, 0.2) is 18.2 Å². The van der Waals surface area contributed by atoms with Gasteiger partial charge in [0.2, 0.25) is 0 Å². The third-order valence-corrected chi connectivity index (χ3v) is 10.9. The predicted molar refractivity (Wildman–Crippen MR) is 99.3 cm³/mol.